The van der Waals surface area contributed by atoms with Crippen LogP contribution >= 0.6 is 34.8 Å². The monoisotopic (exact) mass is 449 g/mol. The van der Waals surface area contributed by atoms with Gasteiger partial charge in [0, 0.05) is 44.5 Å². The molecule has 7 heteroatoms. The molecule has 0 bridgehead atoms. The minimum Gasteiger partial charge on any atom is -0.488 e. The van der Waals surface area contributed by atoms with Crippen LogP contribution in [-0.4, -0.2) is 13.2 Å². The first-order valence-electron chi connectivity index (χ1n) is 9.08. The van der Waals surface area contributed by atoms with Crippen LogP contribution in [0.1, 0.15) is 11.1 Å². The van der Waals surface area contributed by atoms with Gasteiger partial charge in [0.25, 0.3) is 0 Å². The Bertz CT molecular complexity index is 1010. The summed E-state index contributed by atoms with van der Waals surface area (Å²) in [6.45, 7) is 1.90. The molecule has 1 N–H and O–H groups in total. The van der Waals surface area contributed by atoms with Crippen LogP contribution in [-0.2, 0) is 13.2 Å². The van der Waals surface area contributed by atoms with Gasteiger partial charge in [0.05, 0.1) is 0 Å². The van der Waals surface area contributed by atoms with E-state index in [-0.39, 0.29) is 6.61 Å². The van der Waals surface area contributed by atoms with Crippen LogP contribution in [0.25, 0.3) is 0 Å². The summed E-state index contributed by atoms with van der Waals surface area (Å²) in [5.41, 5.74) is 2.57. The number of ether oxygens (including phenoxy) is 3. The number of hydrogen-bond acceptors (Lipinski definition) is 4. The summed E-state index contributed by atoms with van der Waals surface area (Å²) in [4.78, 5) is 0. The van der Waals surface area contributed by atoms with Gasteiger partial charge in [0.2, 0.25) is 0 Å². The molecular formula is C22H18Cl3NO3. The van der Waals surface area contributed by atoms with Crippen LogP contribution in [0.4, 0.5) is 5.69 Å². The molecule has 1 heterocycles. The number of nitrogens with one attached hydrogen (secondary N) is 1. The molecule has 0 unspecified atom stereocenters. The average molecular weight is 451 g/mol. The van der Waals surface area contributed by atoms with Crippen LogP contribution in [0.3, 0.4) is 0 Å². The molecule has 0 atom stereocenters. The topological polar surface area (TPSA) is 39.7 Å². The molecule has 0 saturated carbocycles. The van der Waals surface area contributed by atoms with Crippen molar-refractivity contribution in [1.82, 2.24) is 0 Å². The van der Waals surface area contributed by atoms with Crippen LogP contribution in [0.2, 0.25) is 15.1 Å². The van der Waals surface area contributed by atoms with Gasteiger partial charge in [-0.15, -0.1) is 0 Å². The van der Waals surface area contributed by atoms with E-state index in [1.165, 1.54) is 0 Å². The molecule has 0 amide bonds. The van der Waals surface area contributed by atoms with E-state index in [4.69, 9.17) is 49.0 Å². The third kappa shape index (κ3) is 4.84. The van der Waals surface area contributed by atoms with Crippen molar-refractivity contribution in [2.75, 3.05) is 18.5 Å². The molecule has 150 valence electrons. The Labute approximate surface area is 184 Å². The summed E-state index contributed by atoms with van der Waals surface area (Å²) >= 11 is 18.7. The Kier molecular flexibility index (Phi) is 6.24. The maximum atomic E-state index is 6.24. The summed E-state index contributed by atoms with van der Waals surface area (Å²) in [5, 5.41) is 5.15. The van der Waals surface area contributed by atoms with E-state index < -0.39 is 0 Å². The van der Waals surface area contributed by atoms with Crippen molar-refractivity contribution in [2.24, 2.45) is 0 Å². The van der Waals surface area contributed by atoms with Crippen LogP contribution in [0.5, 0.6) is 17.2 Å². The molecule has 3 aromatic carbocycles. The SMILES string of the molecule is Clc1ccc(OCc2c(Cl)cccc2Cl)c(CNc2ccc3c(c2)OCCO3)c1. The summed E-state index contributed by atoms with van der Waals surface area (Å²) in [6, 6.07) is 16.6. The second-order valence-electron chi connectivity index (χ2n) is 6.45. The van der Waals surface area contributed by atoms with Crippen LogP contribution in [0, 0.1) is 0 Å². The quantitative estimate of drug-likeness (QED) is 0.459. The molecule has 0 saturated heterocycles. The number of anilines is 1. The molecule has 0 fully saturated rings. The van der Waals surface area contributed by atoms with E-state index in [1.54, 1.807) is 24.3 Å². The van der Waals surface area contributed by atoms with Gasteiger partial charge < -0.3 is 19.5 Å². The van der Waals surface area contributed by atoms with Crippen molar-refractivity contribution in [3.05, 3.63) is 80.8 Å². The molecule has 0 aliphatic carbocycles. The van der Waals surface area contributed by atoms with E-state index in [0.29, 0.717) is 40.6 Å². The summed E-state index contributed by atoms with van der Waals surface area (Å²) in [7, 11) is 0. The van der Waals surface area contributed by atoms with Gasteiger partial charge in [-0.2, -0.15) is 0 Å². The Morgan fingerprint density at radius 3 is 2.41 bits per heavy atom. The Hall–Kier alpha value is -2.27. The molecule has 0 radical (unpaired) electrons. The highest BCUT2D eigenvalue weighted by Crippen LogP contribution is 2.33. The molecule has 4 nitrogen and oxygen atoms in total. The smallest absolute Gasteiger partial charge is 0.163 e. The maximum absolute atomic E-state index is 6.24. The van der Waals surface area contributed by atoms with Gasteiger partial charge in [-0.1, -0.05) is 40.9 Å². The molecule has 0 aromatic heterocycles. The minimum atomic E-state index is 0.261. The number of rotatable bonds is 6. The number of hydrogen-bond donors (Lipinski definition) is 1. The van der Waals surface area contributed by atoms with Crippen LogP contribution < -0.4 is 19.5 Å². The molecule has 3 aromatic rings. The standard InChI is InChI=1S/C22H18Cl3NO3/c23-15-4-6-20(29-13-17-18(24)2-1-3-19(17)25)14(10-15)12-26-16-5-7-21-22(11-16)28-9-8-27-21/h1-7,10-11,26H,8-9,12-13H2. The lowest BCUT2D eigenvalue weighted by Gasteiger charge is -2.19. The van der Waals surface area contributed by atoms with Crippen molar-refractivity contribution >= 4 is 40.5 Å². The lowest BCUT2D eigenvalue weighted by atomic mass is 10.2. The van der Waals surface area contributed by atoms with Crippen molar-refractivity contribution in [3.63, 3.8) is 0 Å². The zero-order chi connectivity index (χ0) is 20.2. The fraction of sp³-hybridized carbons (Fsp3) is 0.182. The van der Waals surface area contributed by atoms with Gasteiger partial charge in [0.15, 0.2) is 11.5 Å². The lowest BCUT2D eigenvalue weighted by Crippen LogP contribution is -2.15. The second kappa shape index (κ2) is 9.04. The van der Waals surface area contributed by atoms with E-state index in [0.717, 1.165) is 28.3 Å². The zero-order valence-corrected chi connectivity index (χ0v) is 17.7. The maximum Gasteiger partial charge on any atom is 0.163 e. The first kappa shape index (κ1) is 20.0. The van der Waals surface area contributed by atoms with Crippen LogP contribution in [0.15, 0.2) is 54.6 Å². The van der Waals surface area contributed by atoms with Crippen molar-refractivity contribution in [1.29, 1.82) is 0 Å². The van der Waals surface area contributed by atoms with E-state index >= 15 is 0 Å². The van der Waals surface area contributed by atoms with Crippen molar-refractivity contribution in [2.45, 2.75) is 13.2 Å². The van der Waals surface area contributed by atoms with Gasteiger partial charge in [-0.25, -0.2) is 0 Å². The van der Waals surface area contributed by atoms with Crippen molar-refractivity contribution in [3.8, 4) is 17.2 Å². The van der Waals surface area contributed by atoms with Gasteiger partial charge in [-0.05, 0) is 42.5 Å². The first-order chi connectivity index (χ1) is 14.1. The Morgan fingerprint density at radius 2 is 1.62 bits per heavy atom. The van der Waals surface area contributed by atoms with Gasteiger partial charge in [0.1, 0.15) is 25.6 Å². The number of benzene rings is 3. The predicted octanol–water partition coefficient (Wildman–Crippen LogP) is 6.61. The third-order valence-electron chi connectivity index (χ3n) is 4.48. The fourth-order valence-electron chi connectivity index (χ4n) is 3.00. The lowest BCUT2D eigenvalue weighted by molar-refractivity contribution is 0.171. The highest BCUT2D eigenvalue weighted by atomic mass is 35.5. The molecular weight excluding hydrogens is 433 g/mol. The van der Waals surface area contributed by atoms with E-state index in [9.17, 15) is 0 Å². The first-order valence-corrected chi connectivity index (χ1v) is 10.2. The fourth-order valence-corrected chi connectivity index (χ4v) is 3.70. The minimum absolute atomic E-state index is 0.261. The number of fused-ring (bicyclic) bond motifs is 1. The molecule has 4 rings (SSSR count). The molecule has 1 aliphatic heterocycles. The highest BCUT2D eigenvalue weighted by Gasteiger charge is 2.13. The van der Waals surface area contributed by atoms with Gasteiger partial charge in [-0.3, -0.25) is 0 Å². The highest BCUT2D eigenvalue weighted by molar-refractivity contribution is 6.36. The summed E-state index contributed by atoms with van der Waals surface area (Å²) in [5.74, 6) is 2.19. The van der Waals surface area contributed by atoms with Gasteiger partial charge >= 0.3 is 0 Å². The summed E-state index contributed by atoms with van der Waals surface area (Å²) in [6.07, 6.45) is 0. The van der Waals surface area contributed by atoms with E-state index in [1.807, 2.05) is 30.3 Å². The van der Waals surface area contributed by atoms with E-state index in [2.05, 4.69) is 5.32 Å². The number of halogens is 3. The Morgan fingerprint density at radius 1 is 0.862 bits per heavy atom. The second-order valence-corrected chi connectivity index (χ2v) is 7.70. The average Bonchev–Trinajstić information content (AvgIpc) is 2.73. The Balaban J connectivity index is 1.48. The normalized spacial score (nSPS) is 12.5. The molecule has 1 aliphatic rings. The molecule has 0 spiro atoms. The van der Waals surface area contributed by atoms with Crippen molar-refractivity contribution < 1.29 is 14.2 Å². The predicted molar refractivity (Wildman–Crippen MR) is 117 cm³/mol. The third-order valence-corrected chi connectivity index (χ3v) is 5.42. The zero-order valence-electron chi connectivity index (χ0n) is 15.4. The largest absolute Gasteiger partial charge is 0.488 e. The molecule has 29 heavy (non-hydrogen) atoms. The summed E-state index contributed by atoms with van der Waals surface area (Å²) < 4.78 is 17.2.